The Kier molecular flexibility index (Phi) is 6.61. The summed E-state index contributed by atoms with van der Waals surface area (Å²) in [4.78, 5) is 28.7. The molecule has 2 unspecified atom stereocenters. The predicted molar refractivity (Wildman–Crippen MR) is 145 cm³/mol. The average molecular weight is 514 g/mol. The summed E-state index contributed by atoms with van der Waals surface area (Å²) in [6, 6.07) is 15.4. The topological polar surface area (TPSA) is 85.3 Å². The second-order valence-corrected chi connectivity index (χ2v) is 9.69. The number of aliphatic hydroxyl groups excluding tert-OH is 1. The molecule has 38 heavy (non-hydrogen) atoms. The number of hydrogen-bond donors (Lipinski definition) is 1. The van der Waals surface area contributed by atoms with Crippen molar-refractivity contribution in [3.05, 3.63) is 88.0 Å². The molecule has 5 rings (SSSR count). The Balaban J connectivity index is 1.73. The highest BCUT2D eigenvalue weighted by Gasteiger charge is 2.47. The van der Waals surface area contributed by atoms with Gasteiger partial charge in [0.1, 0.15) is 17.6 Å². The summed E-state index contributed by atoms with van der Waals surface area (Å²) in [6.07, 6.45) is 0.737. The Labute approximate surface area is 222 Å². The number of benzene rings is 3. The third-order valence-corrected chi connectivity index (χ3v) is 7.25. The van der Waals surface area contributed by atoms with Crippen LogP contribution in [0.1, 0.15) is 47.7 Å². The van der Waals surface area contributed by atoms with Gasteiger partial charge in [0.05, 0.1) is 25.3 Å². The highest BCUT2D eigenvalue weighted by Crippen LogP contribution is 2.45. The number of nitrogens with zero attached hydrogens (tertiary/aromatic N) is 1. The lowest BCUT2D eigenvalue weighted by Crippen LogP contribution is -2.30. The normalized spacial score (nSPS) is 19.9. The number of aliphatic hydroxyl groups is 1. The number of carbonyl (C=O) groups is 2. The summed E-state index contributed by atoms with van der Waals surface area (Å²) >= 11 is 0. The Hall–Kier alpha value is -4.26. The molecule has 2 aliphatic rings. The van der Waals surface area contributed by atoms with E-state index in [1.165, 1.54) is 4.90 Å². The second-order valence-electron chi connectivity index (χ2n) is 9.69. The van der Waals surface area contributed by atoms with E-state index in [4.69, 9.17) is 14.2 Å². The van der Waals surface area contributed by atoms with Gasteiger partial charge >= 0.3 is 0 Å². The Morgan fingerprint density at radius 3 is 2.61 bits per heavy atom. The van der Waals surface area contributed by atoms with Crippen molar-refractivity contribution in [3.63, 3.8) is 0 Å². The molecule has 2 aliphatic heterocycles. The minimum Gasteiger partial charge on any atom is -0.507 e. The standard InChI is InChI=1S/C31H31NO6/c1-6-37-26-16-20(10-13-25(26)36-5)28-27(29(33)21-11-12-24-22(15-21)14-18(3)38-24)30(34)31(35)32(28)23-9-7-8-17(2)19(23)4/h7-13,15-16,18,28,33H,6,14H2,1-5H3/b29-27+. The summed E-state index contributed by atoms with van der Waals surface area (Å²) in [5, 5.41) is 11.6. The number of amides is 1. The Bertz CT molecular complexity index is 1470. The molecule has 0 aliphatic carbocycles. The van der Waals surface area contributed by atoms with Crippen molar-refractivity contribution in [3.8, 4) is 17.2 Å². The first-order valence-corrected chi connectivity index (χ1v) is 12.7. The van der Waals surface area contributed by atoms with Crippen LogP contribution in [0.3, 0.4) is 0 Å². The van der Waals surface area contributed by atoms with E-state index in [1.54, 1.807) is 37.4 Å². The summed E-state index contributed by atoms with van der Waals surface area (Å²) in [6.45, 7) is 8.13. The van der Waals surface area contributed by atoms with E-state index in [0.29, 0.717) is 41.3 Å². The van der Waals surface area contributed by atoms with Gasteiger partial charge < -0.3 is 19.3 Å². The van der Waals surface area contributed by atoms with Crippen LogP contribution in [0.2, 0.25) is 0 Å². The maximum absolute atomic E-state index is 13.6. The van der Waals surface area contributed by atoms with Gasteiger partial charge in [0.15, 0.2) is 11.5 Å². The van der Waals surface area contributed by atoms with Crippen LogP contribution in [0.4, 0.5) is 5.69 Å². The molecule has 3 aromatic carbocycles. The van der Waals surface area contributed by atoms with Crippen LogP contribution in [0.15, 0.2) is 60.2 Å². The molecular weight excluding hydrogens is 482 g/mol. The first kappa shape index (κ1) is 25.4. The van der Waals surface area contributed by atoms with Gasteiger partial charge in [-0.1, -0.05) is 18.2 Å². The molecule has 1 saturated heterocycles. The van der Waals surface area contributed by atoms with Crippen molar-refractivity contribution in [2.24, 2.45) is 0 Å². The molecule has 7 nitrogen and oxygen atoms in total. The minimum absolute atomic E-state index is 0.0236. The molecule has 7 heteroatoms. The van der Waals surface area contributed by atoms with Crippen molar-refractivity contribution < 1.29 is 28.9 Å². The van der Waals surface area contributed by atoms with E-state index >= 15 is 0 Å². The second kappa shape index (κ2) is 9.89. The highest BCUT2D eigenvalue weighted by molar-refractivity contribution is 6.51. The van der Waals surface area contributed by atoms with Crippen molar-refractivity contribution in [1.82, 2.24) is 0 Å². The van der Waals surface area contributed by atoms with Crippen LogP contribution in [0, 0.1) is 13.8 Å². The maximum Gasteiger partial charge on any atom is 0.300 e. The van der Waals surface area contributed by atoms with Gasteiger partial charge in [-0.25, -0.2) is 0 Å². The minimum atomic E-state index is -0.871. The summed E-state index contributed by atoms with van der Waals surface area (Å²) in [5.41, 5.74) is 4.53. The zero-order valence-electron chi connectivity index (χ0n) is 22.2. The molecule has 0 saturated carbocycles. The van der Waals surface area contributed by atoms with Crippen molar-refractivity contribution in [2.45, 2.75) is 46.3 Å². The Morgan fingerprint density at radius 1 is 1.08 bits per heavy atom. The quantitative estimate of drug-likeness (QED) is 0.260. The lowest BCUT2D eigenvalue weighted by atomic mass is 9.93. The summed E-state index contributed by atoms with van der Waals surface area (Å²) < 4.78 is 17.1. The highest BCUT2D eigenvalue weighted by atomic mass is 16.5. The third kappa shape index (κ3) is 4.18. The van der Waals surface area contributed by atoms with E-state index in [1.807, 2.05) is 52.0 Å². The van der Waals surface area contributed by atoms with Gasteiger partial charge in [0, 0.05) is 17.7 Å². The zero-order valence-corrected chi connectivity index (χ0v) is 22.2. The third-order valence-electron chi connectivity index (χ3n) is 7.25. The van der Waals surface area contributed by atoms with E-state index in [2.05, 4.69) is 0 Å². The number of ketones is 1. The molecule has 0 bridgehead atoms. The lowest BCUT2D eigenvalue weighted by Gasteiger charge is -2.28. The number of fused-ring (bicyclic) bond motifs is 1. The molecule has 2 atom stereocenters. The molecule has 0 radical (unpaired) electrons. The predicted octanol–water partition coefficient (Wildman–Crippen LogP) is 5.66. The fourth-order valence-electron chi connectivity index (χ4n) is 5.25. The van der Waals surface area contributed by atoms with Crippen LogP contribution < -0.4 is 19.1 Å². The van der Waals surface area contributed by atoms with Gasteiger partial charge in [-0.3, -0.25) is 14.5 Å². The number of methoxy groups -OCH3 is 1. The van der Waals surface area contributed by atoms with Crippen LogP contribution in [0.5, 0.6) is 17.2 Å². The van der Waals surface area contributed by atoms with Crippen LogP contribution in [-0.2, 0) is 16.0 Å². The van der Waals surface area contributed by atoms with Gasteiger partial charge in [-0.05, 0) is 86.3 Å². The fraction of sp³-hybridized carbons (Fsp3) is 0.290. The molecule has 1 amide bonds. The van der Waals surface area contributed by atoms with Gasteiger partial charge in [0.25, 0.3) is 11.7 Å². The smallest absolute Gasteiger partial charge is 0.300 e. The number of rotatable bonds is 6. The van der Waals surface area contributed by atoms with Crippen LogP contribution >= 0.6 is 0 Å². The van der Waals surface area contributed by atoms with E-state index in [-0.39, 0.29) is 17.4 Å². The largest absolute Gasteiger partial charge is 0.507 e. The van der Waals surface area contributed by atoms with Gasteiger partial charge in [0.2, 0.25) is 0 Å². The van der Waals surface area contributed by atoms with Crippen molar-refractivity contribution in [2.75, 3.05) is 18.6 Å². The molecule has 2 heterocycles. The number of aryl methyl sites for hydroxylation is 1. The van der Waals surface area contributed by atoms with Crippen LogP contribution in [-0.4, -0.2) is 36.6 Å². The molecule has 3 aromatic rings. The number of carbonyl (C=O) groups excluding carboxylic acids is 2. The molecule has 1 N–H and O–H groups in total. The maximum atomic E-state index is 13.6. The lowest BCUT2D eigenvalue weighted by molar-refractivity contribution is -0.132. The molecule has 1 fully saturated rings. The molecular formula is C31H31NO6. The number of ether oxygens (including phenoxy) is 3. The average Bonchev–Trinajstić information content (AvgIpc) is 3.40. The summed E-state index contributed by atoms with van der Waals surface area (Å²) in [7, 11) is 1.55. The summed E-state index contributed by atoms with van der Waals surface area (Å²) in [5.74, 6) is 0.120. The van der Waals surface area contributed by atoms with Gasteiger partial charge in [-0.15, -0.1) is 0 Å². The van der Waals surface area contributed by atoms with E-state index in [9.17, 15) is 14.7 Å². The number of hydrogen-bond acceptors (Lipinski definition) is 6. The first-order valence-electron chi connectivity index (χ1n) is 12.7. The van der Waals surface area contributed by atoms with Crippen LogP contribution in [0.25, 0.3) is 5.76 Å². The zero-order chi connectivity index (χ0) is 27.1. The monoisotopic (exact) mass is 513 g/mol. The number of Topliss-reactive ketones (excluding diaryl/α,β-unsaturated/α-hetero) is 1. The Morgan fingerprint density at radius 2 is 1.87 bits per heavy atom. The first-order chi connectivity index (χ1) is 18.2. The van der Waals surface area contributed by atoms with E-state index < -0.39 is 17.7 Å². The van der Waals surface area contributed by atoms with E-state index in [0.717, 1.165) is 22.4 Å². The van der Waals surface area contributed by atoms with Gasteiger partial charge in [-0.2, -0.15) is 0 Å². The molecule has 0 spiro atoms. The fourth-order valence-corrected chi connectivity index (χ4v) is 5.25. The molecule has 196 valence electrons. The molecule has 0 aromatic heterocycles. The van der Waals surface area contributed by atoms with Crippen molar-refractivity contribution >= 4 is 23.1 Å². The number of anilines is 1. The van der Waals surface area contributed by atoms with Crippen molar-refractivity contribution in [1.29, 1.82) is 0 Å². The SMILES string of the molecule is CCOc1cc(C2/C(=C(\O)c3ccc4c(c3)CC(C)O4)C(=O)C(=O)N2c2cccc(C)c2C)ccc1OC.